The second kappa shape index (κ2) is 5.86. The lowest BCUT2D eigenvalue weighted by molar-refractivity contribution is -0.116. The van der Waals surface area contributed by atoms with E-state index in [4.69, 9.17) is 4.74 Å². The molecule has 0 fully saturated rings. The summed E-state index contributed by atoms with van der Waals surface area (Å²) in [5.74, 6) is 0.276. The highest BCUT2D eigenvalue weighted by Crippen LogP contribution is 2.43. The third-order valence-electron chi connectivity index (χ3n) is 3.59. The molecule has 1 amide bonds. The lowest BCUT2D eigenvalue weighted by atomic mass is 9.89. The molecular formula is C15H16N2O4S2. The monoisotopic (exact) mass is 352 g/mol. The number of anilines is 2. The Morgan fingerprint density at radius 3 is 2.78 bits per heavy atom. The van der Waals surface area contributed by atoms with Crippen LogP contribution in [0.3, 0.4) is 0 Å². The third-order valence-corrected chi connectivity index (χ3v) is 5.17. The van der Waals surface area contributed by atoms with Crippen molar-refractivity contribution in [2.75, 3.05) is 23.4 Å². The van der Waals surface area contributed by atoms with Crippen molar-refractivity contribution in [1.82, 2.24) is 0 Å². The maximum atomic E-state index is 12.0. The van der Waals surface area contributed by atoms with Crippen molar-refractivity contribution in [3.63, 3.8) is 0 Å². The number of nitrogens with one attached hydrogen (secondary N) is 2. The molecule has 1 aliphatic rings. The number of carbonyl (C=O) groups is 1. The van der Waals surface area contributed by atoms with E-state index in [1.165, 1.54) is 7.11 Å². The first kappa shape index (κ1) is 15.8. The first-order chi connectivity index (χ1) is 10.9. The molecule has 122 valence electrons. The Hall–Kier alpha value is -2.06. The van der Waals surface area contributed by atoms with Gasteiger partial charge in [0.25, 0.3) is 0 Å². The molecule has 0 radical (unpaired) electrons. The fourth-order valence-corrected chi connectivity index (χ4v) is 4.09. The number of hydrogen-bond donors (Lipinski definition) is 2. The molecule has 0 spiro atoms. The zero-order valence-electron chi connectivity index (χ0n) is 12.6. The molecule has 0 aliphatic carbocycles. The standard InChI is InChI=1S/C15H16N2O4S2/c1-21-13-6-9-10(14-4-3-5-22-14)7-15(18)16-11(9)8-12(13)17-23(2,19)20/h3-6,8,10,17H,7H2,1-2H3,(H,16,18). The van der Waals surface area contributed by atoms with Crippen LogP contribution in [0.25, 0.3) is 0 Å². The van der Waals surface area contributed by atoms with E-state index < -0.39 is 10.0 Å². The molecule has 1 aromatic heterocycles. The lowest BCUT2D eigenvalue weighted by Gasteiger charge is -2.26. The number of benzene rings is 1. The van der Waals surface area contributed by atoms with Gasteiger partial charge in [0, 0.05) is 22.9 Å². The van der Waals surface area contributed by atoms with Crippen LogP contribution in [0.1, 0.15) is 22.8 Å². The predicted octanol–water partition coefficient (Wildman–Crippen LogP) is 2.60. The average Bonchev–Trinajstić information content (AvgIpc) is 2.98. The van der Waals surface area contributed by atoms with Gasteiger partial charge < -0.3 is 10.1 Å². The summed E-state index contributed by atoms with van der Waals surface area (Å²) in [5, 5.41) is 4.78. The largest absolute Gasteiger partial charge is 0.495 e. The van der Waals surface area contributed by atoms with Crippen LogP contribution in [0.5, 0.6) is 5.75 Å². The zero-order chi connectivity index (χ0) is 16.6. The number of rotatable bonds is 4. The molecule has 0 saturated carbocycles. The fraction of sp³-hybridized carbons (Fsp3) is 0.267. The highest BCUT2D eigenvalue weighted by molar-refractivity contribution is 7.92. The summed E-state index contributed by atoms with van der Waals surface area (Å²) < 4.78 is 30.7. The molecule has 1 aromatic carbocycles. The molecule has 2 N–H and O–H groups in total. The van der Waals surface area contributed by atoms with Gasteiger partial charge in [0.15, 0.2) is 0 Å². The van der Waals surface area contributed by atoms with Crippen LogP contribution in [0.2, 0.25) is 0 Å². The number of methoxy groups -OCH3 is 1. The van der Waals surface area contributed by atoms with Gasteiger partial charge >= 0.3 is 0 Å². The minimum absolute atomic E-state index is 0.0556. The minimum Gasteiger partial charge on any atom is -0.495 e. The number of ether oxygens (including phenoxy) is 1. The third kappa shape index (κ3) is 3.32. The van der Waals surface area contributed by atoms with E-state index in [1.54, 1.807) is 23.5 Å². The molecule has 2 heterocycles. The van der Waals surface area contributed by atoms with E-state index in [1.807, 2.05) is 17.5 Å². The first-order valence-corrected chi connectivity index (χ1v) is 9.67. The van der Waals surface area contributed by atoms with Crippen LogP contribution in [0, 0.1) is 0 Å². The van der Waals surface area contributed by atoms with Crippen molar-refractivity contribution in [1.29, 1.82) is 0 Å². The number of hydrogen-bond acceptors (Lipinski definition) is 5. The topological polar surface area (TPSA) is 84.5 Å². The van der Waals surface area contributed by atoms with Gasteiger partial charge in [0.05, 0.1) is 19.1 Å². The Balaban J connectivity index is 2.11. The van der Waals surface area contributed by atoms with E-state index in [0.717, 1.165) is 16.7 Å². The highest BCUT2D eigenvalue weighted by atomic mass is 32.2. The normalized spacial score (nSPS) is 17.3. The zero-order valence-corrected chi connectivity index (χ0v) is 14.3. The molecule has 0 saturated heterocycles. The Morgan fingerprint density at radius 2 is 2.17 bits per heavy atom. The lowest BCUT2D eigenvalue weighted by Crippen LogP contribution is -2.23. The molecule has 1 unspecified atom stereocenters. The summed E-state index contributed by atoms with van der Waals surface area (Å²) in [6, 6.07) is 7.33. The number of carbonyl (C=O) groups excluding carboxylic acids is 1. The van der Waals surface area contributed by atoms with Crippen molar-refractivity contribution in [2.45, 2.75) is 12.3 Å². The molecular weight excluding hydrogens is 336 g/mol. The summed E-state index contributed by atoms with van der Waals surface area (Å²) in [6.07, 6.45) is 1.43. The Labute approximate surface area is 138 Å². The van der Waals surface area contributed by atoms with Crippen molar-refractivity contribution >= 4 is 38.6 Å². The van der Waals surface area contributed by atoms with Gasteiger partial charge in [-0.25, -0.2) is 8.42 Å². The van der Waals surface area contributed by atoms with Crippen molar-refractivity contribution in [2.24, 2.45) is 0 Å². The van der Waals surface area contributed by atoms with Crippen LogP contribution in [0.15, 0.2) is 29.6 Å². The first-order valence-electron chi connectivity index (χ1n) is 6.90. The molecule has 0 bridgehead atoms. The SMILES string of the molecule is COc1cc2c(cc1NS(C)(=O)=O)NC(=O)CC2c1cccs1. The van der Waals surface area contributed by atoms with Crippen LogP contribution in [0.4, 0.5) is 11.4 Å². The maximum Gasteiger partial charge on any atom is 0.229 e. The van der Waals surface area contributed by atoms with E-state index in [9.17, 15) is 13.2 Å². The van der Waals surface area contributed by atoms with Crippen molar-refractivity contribution in [3.05, 3.63) is 40.1 Å². The summed E-state index contributed by atoms with van der Waals surface area (Å²) in [7, 11) is -1.96. The molecule has 2 aromatic rings. The number of amides is 1. The van der Waals surface area contributed by atoms with Gasteiger partial charge in [-0.15, -0.1) is 11.3 Å². The summed E-state index contributed by atoms with van der Waals surface area (Å²) in [5.41, 5.74) is 1.83. The van der Waals surface area contributed by atoms with Gasteiger partial charge in [-0.05, 0) is 29.1 Å². The Morgan fingerprint density at radius 1 is 1.39 bits per heavy atom. The average molecular weight is 352 g/mol. The van der Waals surface area contributed by atoms with E-state index in [2.05, 4.69) is 10.0 Å². The van der Waals surface area contributed by atoms with Crippen LogP contribution < -0.4 is 14.8 Å². The van der Waals surface area contributed by atoms with Gasteiger partial charge in [-0.2, -0.15) is 0 Å². The number of fused-ring (bicyclic) bond motifs is 1. The van der Waals surface area contributed by atoms with Crippen molar-refractivity contribution in [3.8, 4) is 5.75 Å². The highest BCUT2D eigenvalue weighted by Gasteiger charge is 2.29. The molecule has 8 heteroatoms. The molecule has 3 rings (SSSR count). The second-order valence-corrected chi connectivity index (χ2v) is 8.06. The van der Waals surface area contributed by atoms with Gasteiger partial charge in [0.1, 0.15) is 5.75 Å². The second-order valence-electron chi connectivity index (χ2n) is 5.33. The van der Waals surface area contributed by atoms with E-state index in [0.29, 0.717) is 23.5 Å². The summed E-state index contributed by atoms with van der Waals surface area (Å²) >= 11 is 1.59. The number of thiophene rings is 1. The predicted molar refractivity (Wildman–Crippen MR) is 90.9 cm³/mol. The van der Waals surface area contributed by atoms with Crippen LogP contribution >= 0.6 is 11.3 Å². The fourth-order valence-electron chi connectivity index (χ4n) is 2.68. The Bertz CT molecular complexity index is 845. The Kier molecular flexibility index (Phi) is 4.03. The van der Waals surface area contributed by atoms with Gasteiger partial charge in [-0.1, -0.05) is 6.07 Å². The molecule has 1 atom stereocenters. The quantitative estimate of drug-likeness (QED) is 0.886. The maximum absolute atomic E-state index is 12.0. The van der Waals surface area contributed by atoms with Crippen molar-refractivity contribution < 1.29 is 17.9 Å². The minimum atomic E-state index is -3.45. The number of sulfonamides is 1. The smallest absolute Gasteiger partial charge is 0.229 e. The molecule has 1 aliphatic heterocycles. The summed E-state index contributed by atoms with van der Waals surface area (Å²) in [6.45, 7) is 0. The summed E-state index contributed by atoms with van der Waals surface area (Å²) in [4.78, 5) is 13.1. The molecule has 6 nitrogen and oxygen atoms in total. The van der Waals surface area contributed by atoms with E-state index in [-0.39, 0.29) is 11.8 Å². The molecule has 23 heavy (non-hydrogen) atoms. The van der Waals surface area contributed by atoms with Crippen LogP contribution in [-0.4, -0.2) is 27.7 Å². The van der Waals surface area contributed by atoms with Crippen LogP contribution in [-0.2, 0) is 14.8 Å². The van der Waals surface area contributed by atoms with E-state index >= 15 is 0 Å². The van der Waals surface area contributed by atoms with Gasteiger partial charge in [0.2, 0.25) is 15.9 Å². The van der Waals surface area contributed by atoms with Gasteiger partial charge in [-0.3, -0.25) is 9.52 Å².